The van der Waals surface area contributed by atoms with Crippen LogP contribution in [-0.2, 0) is 16.1 Å². The third-order valence-electron chi connectivity index (χ3n) is 5.49. The van der Waals surface area contributed by atoms with Gasteiger partial charge in [-0.3, -0.25) is 19.1 Å². The van der Waals surface area contributed by atoms with Crippen LogP contribution in [0.4, 0.5) is 0 Å². The highest BCUT2D eigenvalue weighted by Gasteiger charge is 2.38. The van der Waals surface area contributed by atoms with Gasteiger partial charge in [0.05, 0.1) is 17.7 Å². The summed E-state index contributed by atoms with van der Waals surface area (Å²) in [7, 11) is 0. The van der Waals surface area contributed by atoms with Gasteiger partial charge in [-0.15, -0.1) is 0 Å². The quantitative estimate of drug-likeness (QED) is 0.821. The summed E-state index contributed by atoms with van der Waals surface area (Å²) < 4.78 is 1.46. The van der Waals surface area contributed by atoms with Crippen molar-refractivity contribution in [2.45, 2.75) is 64.1 Å². The average Bonchev–Trinajstić information content (AvgIpc) is 3.22. The minimum absolute atomic E-state index is 0.0804. The third-order valence-corrected chi connectivity index (χ3v) is 5.49. The number of carboxylic acids is 1. The molecular formula is C18H26N4O4. The summed E-state index contributed by atoms with van der Waals surface area (Å²) in [4.78, 5) is 37.6. The minimum Gasteiger partial charge on any atom is -0.481 e. The number of aromatic nitrogens is 2. The van der Waals surface area contributed by atoms with E-state index in [-0.39, 0.29) is 30.4 Å². The van der Waals surface area contributed by atoms with Gasteiger partial charge < -0.3 is 15.3 Å². The van der Waals surface area contributed by atoms with Crippen LogP contribution in [0.25, 0.3) is 0 Å². The molecule has 0 bridgehead atoms. The van der Waals surface area contributed by atoms with E-state index in [9.17, 15) is 19.5 Å². The summed E-state index contributed by atoms with van der Waals surface area (Å²) >= 11 is 0. The van der Waals surface area contributed by atoms with Crippen LogP contribution >= 0.6 is 0 Å². The molecule has 1 saturated heterocycles. The third kappa shape index (κ3) is 4.05. The zero-order valence-electron chi connectivity index (χ0n) is 15.1. The normalized spacial score (nSPS) is 23.8. The molecule has 142 valence electrons. The molecule has 0 aromatic carbocycles. The average molecular weight is 362 g/mol. The van der Waals surface area contributed by atoms with E-state index < -0.39 is 11.9 Å². The van der Waals surface area contributed by atoms with Crippen molar-refractivity contribution in [3.8, 4) is 0 Å². The minimum atomic E-state index is -0.872. The Hall–Kier alpha value is -2.38. The van der Waals surface area contributed by atoms with E-state index in [1.54, 1.807) is 18.0 Å². The molecule has 2 unspecified atom stereocenters. The lowest BCUT2D eigenvalue weighted by atomic mass is 9.95. The van der Waals surface area contributed by atoms with E-state index >= 15 is 0 Å². The van der Waals surface area contributed by atoms with Gasteiger partial charge in [0.15, 0.2) is 0 Å². The van der Waals surface area contributed by atoms with Gasteiger partial charge in [-0.2, -0.15) is 5.10 Å². The molecule has 0 spiro atoms. The molecule has 1 aliphatic heterocycles. The lowest BCUT2D eigenvalue weighted by Gasteiger charge is -2.23. The Morgan fingerprint density at radius 2 is 1.96 bits per heavy atom. The van der Waals surface area contributed by atoms with Crippen LogP contribution in [0, 0.1) is 5.92 Å². The molecular weight excluding hydrogens is 336 g/mol. The molecule has 8 nitrogen and oxygen atoms in total. The monoisotopic (exact) mass is 362 g/mol. The number of nitrogens with one attached hydrogen (secondary N) is 1. The second-order valence-electron chi connectivity index (χ2n) is 7.30. The van der Waals surface area contributed by atoms with Gasteiger partial charge in [0, 0.05) is 24.8 Å². The van der Waals surface area contributed by atoms with Crippen molar-refractivity contribution >= 4 is 17.8 Å². The number of carboxylic acid groups (broad SMARTS) is 1. The van der Waals surface area contributed by atoms with Crippen LogP contribution in [-0.4, -0.2) is 56.2 Å². The number of amides is 2. The molecule has 26 heavy (non-hydrogen) atoms. The molecule has 2 N–H and O–H groups in total. The molecule has 8 heteroatoms. The largest absolute Gasteiger partial charge is 0.481 e. The summed E-state index contributed by atoms with van der Waals surface area (Å²) in [5.74, 6) is -1.74. The molecule has 2 heterocycles. The van der Waals surface area contributed by atoms with Crippen LogP contribution in [0.15, 0.2) is 12.4 Å². The van der Waals surface area contributed by atoms with E-state index in [1.165, 1.54) is 17.3 Å². The highest BCUT2D eigenvalue weighted by molar-refractivity contribution is 5.94. The van der Waals surface area contributed by atoms with Gasteiger partial charge in [0.2, 0.25) is 5.91 Å². The number of carbonyl (C=O) groups is 3. The molecule has 1 aliphatic carbocycles. The molecule has 3 rings (SSSR count). The highest BCUT2D eigenvalue weighted by atomic mass is 16.4. The summed E-state index contributed by atoms with van der Waals surface area (Å²) in [6.45, 7) is 2.26. The number of rotatable bonds is 5. The Labute approximate surface area is 152 Å². The summed E-state index contributed by atoms with van der Waals surface area (Å²) in [5, 5.41) is 16.3. The number of hydrogen-bond acceptors (Lipinski definition) is 4. The number of likely N-dealkylation sites (tertiary alicyclic amines) is 1. The van der Waals surface area contributed by atoms with Crippen LogP contribution in [0.3, 0.4) is 0 Å². The summed E-state index contributed by atoms with van der Waals surface area (Å²) in [6, 6.07) is -0.107. The van der Waals surface area contributed by atoms with Gasteiger partial charge >= 0.3 is 5.97 Å². The molecule has 1 aromatic rings. The second-order valence-corrected chi connectivity index (χ2v) is 7.30. The van der Waals surface area contributed by atoms with Gasteiger partial charge in [-0.25, -0.2) is 0 Å². The SMILES string of the molecule is CC1C(C(=O)O)CCN1C(=O)c1cnn(CC(=O)NC2CCCCC2)c1. The van der Waals surface area contributed by atoms with Crippen molar-refractivity contribution in [2.24, 2.45) is 5.92 Å². The van der Waals surface area contributed by atoms with E-state index in [2.05, 4.69) is 10.4 Å². The number of aliphatic carboxylic acids is 1. The molecule has 2 fully saturated rings. The Morgan fingerprint density at radius 1 is 1.23 bits per heavy atom. The van der Waals surface area contributed by atoms with E-state index in [0.717, 1.165) is 25.7 Å². The van der Waals surface area contributed by atoms with Crippen LogP contribution in [0.1, 0.15) is 55.8 Å². The van der Waals surface area contributed by atoms with Crippen molar-refractivity contribution in [3.63, 3.8) is 0 Å². The summed E-state index contributed by atoms with van der Waals surface area (Å²) in [6.07, 6.45) is 9.03. The number of hydrogen-bond donors (Lipinski definition) is 2. The second kappa shape index (κ2) is 7.88. The van der Waals surface area contributed by atoms with E-state index in [0.29, 0.717) is 18.5 Å². The van der Waals surface area contributed by atoms with Gasteiger partial charge in [0.25, 0.3) is 5.91 Å². The summed E-state index contributed by atoms with van der Waals surface area (Å²) in [5.41, 5.74) is 0.383. The first-order valence-corrected chi connectivity index (χ1v) is 9.31. The zero-order chi connectivity index (χ0) is 18.7. The zero-order valence-corrected chi connectivity index (χ0v) is 15.1. The maximum absolute atomic E-state index is 12.6. The fourth-order valence-electron chi connectivity index (χ4n) is 3.95. The molecule has 0 radical (unpaired) electrons. The van der Waals surface area contributed by atoms with Gasteiger partial charge in [0.1, 0.15) is 6.54 Å². The first-order valence-electron chi connectivity index (χ1n) is 9.31. The Morgan fingerprint density at radius 3 is 2.62 bits per heavy atom. The standard InChI is InChI=1S/C18H26N4O4/c1-12-15(18(25)26)7-8-22(12)17(24)13-9-19-21(10-13)11-16(23)20-14-5-3-2-4-6-14/h9-10,12,14-15H,2-8,11H2,1H3,(H,20,23)(H,25,26). The fraction of sp³-hybridized carbons (Fsp3) is 0.667. The van der Waals surface area contributed by atoms with Crippen molar-refractivity contribution in [1.29, 1.82) is 0 Å². The Balaban J connectivity index is 1.56. The van der Waals surface area contributed by atoms with Crippen molar-refractivity contribution in [2.75, 3.05) is 6.54 Å². The van der Waals surface area contributed by atoms with Crippen LogP contribution in [0.5, 0.6) is 0 Å². The molecule has 2 amide bonds. The molecule has 2 aliphatic rings. The number of carbonyl (C=O) groups excluding carboxylic acids is 2. The van der Waals surface area contributed by atoms with Crippen LogP contribution < -0.4 is 5.32 Å². The number of nitrogens with zero attached hydrogens (tertiary/aromatic N) is 3. The highest BCUT2D eigenvalue weighted by Crippen LogP contribution is 2.26. The predicted molar refractivity (Wildman–Crippen MR) is 93.5 cm³/mol. The predicted octanol–water partition coefficient (Wildman–Crippen LogP) is 1.27. The molecule has 1 aromatic heterocycles. The maximum atomic E-state index is 12.6. The topological polar surface area (TPSA) is 105 Å². The van der Waals surface area contributed by atoms with Gasteiger partial charge in [-0.05, 0) is 26.2 Å². The fourth-order valence-corrected chi connectivity index (χ4v) is 3.95. The first kappa shape index (κ1) is 18.4. The van der Waals surface area contributed by atoms with Crippen molar-refractivity contribution in [1.82, 2.24) is 20.0 Å². The van der Waals surface area contributed by atoms with Crippen molar-refractivity contribution < 1.29 is 19.5 Å². The van der Waals surface area contributed by atoms with E-state index in [1.807, 2.05) is 0 Å². The smallest absolute Gasteiger partial charge is 0.308 e. The maximum Gasteiger partial charge on any atom is 0.308 e. The van der Waals surface area contributed by atoms with E-state index in [4.69, 9.17) is 0 Å². The first-order chi connectivity index (χ1) is 12.5. The van der Waals surface area contributed by atoms with Gasteiger partial charge in [-0.1, -0.05) is 19.3 Å². The van der Waals surface area contributed by atoms with Crippen LogP contribution in [0.2, 0.25) is 0 Å². The Bertz CT molecular complexity index is 680. The molecule has 1 saturated carbocycles. The lowest BCUT2D eigenvalue weighted by molar-refractivity contribution is -0.142. The molecule has 2 atom stereocenters. The lowest BCUT2D eigenvalue weighted by Crippen LogP contribution is -2.38. The Kier molecular flexibility index (Phi) is 5.58. The van der Waals surface area contributed by atoms with Crippen molar-refractivity contribution in [3.05, 3.63) is 18.0 Å².